The van der Waals surface area contributed by atoms with E-state index in [2.05, 4.69) is 10.1 Å². The van der Waals surface area contributed by atoms with Crippen molar-refractivity contribution in [1.29, 1.82) is 0 Å². The molecular weight excluding hydrogens is 202 g/mol. The molecule has 0 bridgehead atoms. The van der Waals surface area contributed by atoms with E-state index in [4.69, 9.17) is 11.5 Å². The van der Waals surface area contributed by atoms with E-state index < -0.39 is 0 Å². The summed E-state index contributed by atoms with van der Waals surface area (Å²) in [7, 11) is 0. The van der Waals surface area contributed by atoms with E-state index in [0.717, 1.165) is 11.3 Å². The van der Waals surface area contributed by atoms with E-state index in [0.29, 0.717) is 12.5 Å². The Kier molecular flexibility index (Phi) is 2.98. The lowest BCUT2D eigenvalue weighted by atomic mass is 10.2. The summed E-state index contributed by atoms with van der Waals surface area (Å²) in [6, 6.07) is 9.51. The summed E-state index contributed by atoms with van der Waals surface area (Å²) < 4.78 is 1.63. The number of benzene rings is 1. The molecule has 0 aliphatic carbocycles. The van der Waals surface area contributed by atoms with E-state index in [9.17, 15) is 0 Å². The molecule has 1 aromatic heterocycles. The number of H-pyrrole nitrogens is 1. The van der Waals surface area contributed by atoms with Gasteiger partial charge < -0.3 is 5.73 Å². The molecule has 0 aliphatic heterocycles. The van der Waals surface area contributed by atoms with E-state index >= 15 is 0 Å². The first-order valence-electron chi connectivity index (χ1n) is 4.98. The number of aromatic amines is 1. The molecule has 1 heterocycles. The monoisotopic (exact) mass is 216 g/mol. The number of hydrogen-bond donors (Lipinski definition) is 3. The lowest BCUT2D eigenvalue weighted by Crippen LogP contribution is -2.49. The van der Waals surface area contributed by atoms with Crippen molar-refractivity contribution in [2.45, 2.75) is 6.54 Å². The van der Waals surface area contributed by atoms with Gasteiger partial charge in [-0.25, -0.2) is 0 Å². The Morgan fingerprint density at radius 1 is 1.38 bits per heavy atom. The van der Waals surface area contributed by atoms with Crippen LogP contribution in [0.4, 0.5) is 5.69 Å². The van der Waals surface area contributed by atoms with Gasteiger partial charge in [-0.3, -0.25) is 10.8 Å². The number of aliphatic imine (C=N–C) groups is 1. The molecule has 82 valence electrons. The smallest absolute Gasteiger partial charge is 0.326 e. The zero-order chi connectivity index (χ0) is 11.4. The second kappa shape index (κ2) is 4.59. The summed E-state index contributed by atoms with van der Waals surface area (Å²) in [5.74, 6) is 0.388. The van der Waals surface area contributed by atoms with Crippen LogP contribution in [0.2, 0.25) is 0 Å². The van der Waals surface area contributed by atoms with Gasteiger partial charge in [0.15, 0.2) is 0 Å². The second-order valence-corrected chi connectivity index (χ2v) is 3.35. The summed E-state index contributed by atoms with van der Waals surface area (Å²) in [5.41, 5.74) is 13.2. The van der Waals surface area contributed by atoms with Crippen molar-refractivity contribution < 1.29 is 4.68 Å². The molecule has 0 unspecified atom stereocenters. The molecule has 0 aliphatic rings. The molecule has 0 saturated carbocycles. The summed E-state index contributed by atoms with van der Waals surface area (Å²) in [4.78, 5) is 4.28. The fourth-order valence-electron chi connectivity index (χ4n) is 1.38. The lowest BCUT2D eigenvalue weighted by molar-refractivity contribution is -0.619. The summed E-state index contributed by atoms with van der Waals surface area (Å²) in [5, 5.41) is 2.92. The van der Waals surface area contributed by atoms with Gasteiger partial charge in [0.2, 0.25) is 0 Å². The zero-order valence-electron chi connectivity index (χ0n) is 8.80. The maximum atomic E-state index is 5.81. The largest absolute Gasteiger partial charge is 0.412 e. The standard InChI is InChI=1S/C11H13N5/c12-8-9-3-1-4-10(7-9)15-11(13)16-6-2-5-14-16/h1-7H,8,12H2,(H2,13,15)/p+1. The SMILES string of the molecule is NCc1cccc(N=C(N)[n+]2ccc[nH]2)c1. The summed E-state index contributed by atoms with van der Waals surface area (Å²) in [6.45, 7) is 0.499. The summed E-state index contributed by atoms with van der Waals surface area (Å²) in [6.07, 6.45) is 3.57. The minimum Gasteiger partial charge on any atom is -0.326 e. The van der Waals surface area contributed by atoms with Gasteiger partial charge in [-0.2, -0.15) is 0 Å². The van der Waals surface area contributed by atoms with Crippen molar-refractivity contribution in [2.75, 3.05) is 0 Å². The molecule has 5 heteroatoms. The Hall–Kier alpha value is -2.14. The van der Waals surface area contributed by atoms with Crippen molar-refractivity contribution in [2.24, 2.45) is 16.5 Å². The van der Waals surface area contributed by atoms with Crippen LogP contribution in [0.1, 0.15) is 5.56 Å². The average molecular weight is 216 g/mol. The molecule has 16 heavy (non-hydrogen) atoms. The van der Waals surface area contributed by atoms with Crippen LogP contribution in [0.15, 0.2) is 47.7 Å². The van der Waals surface area contributed by atoms with Gasteiger partial charge >= 0.3 is 5.96 Å². The third kappa shape index (κ3) is 2.26. The summed E-state index contributed by atoms with van der Waals surface area (Å²) >= 11 is 0. The maximum Gasteiger partial charge on any atom is 0.412 e. The van der Waals surface area contributed by atoms with Crippen molar-refractivity contribution >= 4 is 11.6 Å². The van der Waals surface area contributed by atoms with Gasteiger partial charge in [0, 0.05) is 12.7 Å². The van der Waals surface area contributed by atoms with Crippen LogP contribution in [0.5, 0.6) is 0 Å². The van der Waals surface area contributed by atoms with Crippen LogP contribution in [0.25, 0.3) is 0 Å². The average Bonchev–Trinajstić information content (AvgIpc) is 2.83. The molecule has 1 aromatic carbocycles. The number of nitrogens with one attached hydrogen (secondary N) is 1. The molecule has 0 fully saturated rings. The predicted octanol–water partition coefficient (Wildman–Crippen LogP) is 0.255. The van der Waals surface area contributed by atoms with E-state index in [1.165, 1.54) is 0 Å². The number of hydrogen-bond acceptors (Lipinski definition) is 2. The van der Waals surface area contributed by atoms with Crippen LogP contribution in [-0.2, 0) is 6.54 Å². The van der Waals surface area contributed by atoms with Gasteiger partial charge in [-0.1, -0.05) is 17.1 Å². The lowest BCUT2D eigenvalue weighted by Gasteiger charge is -1.96. The number of nitrogens with two attached hydrogens (primary N) is 2. The van der Waals surface area contributed by atoms with Gasteiger partial charge in [-0.05, 0) is 23.8 Å². The van der Waals surface area contributed by atoms with Crippen LogP contribution in [0.3, 0.4) is 0 Å². The number of rotatable bonds is 2. The Labute approximate surface area is 93.4 Å². The molecular formula is C11H14N5+. The fourth-order valence-corrected chi connectivity index (χ4v) is 1.38. The Balaban J connectivity index is 2.28. The van der Waals surface area contributed by atoms with Crippen LogP contribution < -0.4 is 16.1 Å². The molecule has 5 nitrogen and oxygen atoms in total. The van der Waals surface area contributed by atoms with Gasteiger partial charge in [-0.15, -0.1) is 4.68 Å². The quantitative estimate of drug-likeness (QED) is 0.382. The normalized spacial score (nSPS) is 11.7. The van der Waals surface area contributed by atoms with Crippen molar-refractivity contribution in [3.8, 4) is 0 Å². The molecule has 0 saturated heterocycles. The zero-order valence-corrected chi connectivity index (χ0v) is 8.80. The number of aromatic nitrogens is 2. The van der Waals surface area contributed by atoms with E-state index in [1.807, 2.05) is 30.3 Å². The highest BCUT2D eigenvalue weighted by molar-refractivity contribution is 5.72. The van der Waals surface area contributed by atoms with Crippen molar-refractivity contribution in [3.05, 3.63) is 48.3 Å². The van der Waals surface area contributed by atoms with Gasteiger partial charge in [0.25, 0.3) is 0 Å². The van der Waals surface area contributed by atoms with Gasteiger partial charge in [0.05, 0.1) is 6.20 Å². The van der Waals surface area contributed by atoms with Crippen molar-refractivity contribution in [1.82, 2.24) is 5.10 Å². The fraction of sp³-hybridized carbons (Fsp3) is 0.0909. The Morgan fingerprint density at radius 3 is 2.94 bits per heavy atom. The highest BCUT2D eigenvalue weighted by atomic mass is 15.3. The molecule has 0 amide bonds. The first-order chi connectivity index (χ1) is 7.79. The van der Waals surface area contributed by atoms with Crippen molar-refractivity contribution in [3.63, 3.8) is 0 Å². The number of nitrogens with zero attached hydrogens (tertiary/aromatic N) is 2. The Morgan fingerprint density at radius 2 is 2.25 bits per heavy atom. The first-order valence-corrected chi connectivity index (χ1v) is 4.98. The third-order valence-corrected chi connectivity index (χ3v) is 2.18. The molecule has 0 radical (unpaired) electrons. The predicted molar refractivity (Wildman–Crippen MR) is 62.0 cm³/mol. The van der Waals surface area contributed by atoms with Crippen LogP contribution >= 0.6 is 0 Å². The second-order valence-electron chi connectivity index (χ2n) is 3.35. The Bertz CT molecular complexity index is 487. The molecule has 2 aromatic rings. The minimum absolute atomic E-state index is 0.388. The molecule has 5 N–H and O–H groups in total. The minimum atomic E-state index is 0.388. The van der Waals surface area contributed by atoms with Crippen LogP contribution in [-0.4, -0.2) is 11.1 Å². The van der Waals surface area contributed by atoms with E-state index in [1.54, 1.807) is 17.1 Å². The first kappa shape index (κ1) is 10.4. The maximum absolute atomic E-state index is 5.81. The molecule has 0 atom stereocenters. The molecule has 0 spiro atoms. The van der Waals surface area contributed by atoms with Gasteiger partial charge in [0.1, 0.15) is 5.69 Å². The molecule has 2 rings (SSSR count). The van der Waals surface area contributed by atoms with Crippen LogP contribution in [0, 0.1) is 0 Å². The highest BCUT2D eigenvalue weighted by Crippen LogP contribution is 2.13. The van der Waals surface area contributed by atoms with E-state index in [-0.39, 0.29) is 0 Å². The highest BCUT2D eigenvalue weighted by Gasteiger charge is 2.06. The third-order valence-electron chi connectivity index (χ3n) is 2.18. The topological polar surface area (TPSA) is 84.1 Å².